The van der Waals surface area contributed by atoms with Crippen LogP contribution < -0.4 is 14.8 Å². The van der Waals surface area contributed by atoms with Gasteiger partial charge in [0.25, 0.3) is 0 Å². The van der Waals surface area contributed by atoms with Crippen molar-refractivity contribution in [3.05, 3.63) is 41.4 Å². The van der Waals surface area contributed by atoms with Crippen LogP contribution >= 0.6 is 0 Å². The van der Waals surface area contributed by atoms with Crippen LogP contribution in [0.25, 0.3) is 0 Å². The van der Waals surface area contributed by atoms with E-state index in [4.69, 9.17) is 14.2 Å². The van der Waals surface area contributed by atoms with Crippen molar-refractivity contribution >= 4 is 11.9 Å². The topological polar surface area (TPSA) is 87.5 Å². The van der Waals surface area contributed by atoms with E-state index in [1.165, 1.54) is 6.33 Å². The maximum atomic E-state index is 12.9. The molecule has 8 heteroatoms. The molecule has 0 radical (unpaired) electrons. The van der Waals surface area contributed by atoms with Gasteiger partial charge in [-0.1, -0.05) is 13.3 Å². The van der Waals surface area contributed by atoms with Crippen molar-refractivity contribution in [2.75, 3.05) is 26.1 Å². The number of hydrogen-bond donors (Lipinski definition) is 1. The maximum Gasteiger partial charge on any atom is 0.338 e. The Labute approximate surface area is 158 Å². The first-order valence-electron chi connectivity index (χ1n) is 8.93. The number of anilines is 1. The summed E-state index contributed by atoms with van der Waals surface area (Å²) >= 11 is 0. The number of nitrogens with zero attached hydrogens (tertiary/aromatic N) is 3. The molecule has 1 aromatic heterocycles. The molecule has 1 aliphatic rings. The number of fused-ring (bicyclic) bond motifs is 1. The van der Waals surface area contributed by atoms with Gasteiger partial charge in [0.05, 0.1) is 26.4 Å². The molecule has 3 rings (SSSR count). The summed E-state index contributed by atoms with van der Waals surface area (Å²) in [4.78, 5) is 17.2. The van der Waals surface area contributed by atoms with E-state index in [-0.39, 0.29) is 5.97 Å². The highest BCUT2D eigenvalue weighted by atomic mass is 16.5. The van der Waals surface area contributed by atoms with E-state index in [2.05, 4.69) is 22.3 Å². The minimum atomic E-state index is -0.509. The number of benzene rings is 1. The summed E-state index contributed by atoms with van der Waals surface area (Å²) in [5, 5.41) is 7.56. The van der Waals surface area contributed by atoms with E-state index in [0.29, 0.717) is 36.0 Å². The fraction of sp³-hybridized carbons (Fsp3) is 0.421. The standard InChI is InChI=1S/C19H24N4O4/c1-5-7-14-16(18(24)27-6-2)17(23-19(22-14)20-11-21-23)13-9-8-12(25-3)10-15(13)26-4/h8-11,17H,5-7H2,1-4H3,(H,20,21,22)/t17-/m1/s1. The molecule has 0 aliphatic carbocycles. The SMILES string of the molecule is CCCC1=C(C(=O)OCC)[C@@H](c2ccc(OC)cc2OC)n2ncnc2N1. The molecule has 8 nitrogen and oxygen atoms in total. The zero-order chi connectivity index (χ0) is 19.4. The Hall–Kier alpha value is -3.03. The number of methoxy groups -OCH3 is 2. The lowest BCUT2D eigenvalue weighted by molar-refractivity contribution is -0.139. The summed E-state index contributed by atoms with van der Waals surface area (Å²) in [7, 11) is 3.18. The smallest absolute Gasteiger partial charge is 0.338 e. The number of hydrogen-bond acceptors (Lipinski definition) is 7. The Morgan fingerprint density at radius 1 is 1.26 bits per heavy atom. The van der Waals surface area contributed by atoms with Crippen molar-refractivity contribution in [2.45, 2.75) is 32.7 Å². The van der Waals surface area contributed by atoms with E-state index < -0.39 is 6.04 Å². The third kappa shape index (κ3) is 3.47. The Bertz CT molecular complexity index is 859. The lowest BCUT2D eigenvalue weighted by atomic mass is 9.93. The molecule has 2 aromatic rings. The molecule has 1 aliphatic heterocycles. The average molecular weight is 372 g/mol. The number of carbonyl (C=O) groups is 1. The molecular formula is C19H24N4O4. The Morgan fingerprint density at radius 3 is 2.74 bits per heavy atom. The number of aromatic nitrogens is 3. The van der Waals surface area contributed by atoms with Crippen LogP contribution in [0.15, 0.2) is 35.8 Å². The van der Waals surface area contributed by atoms with Crippen LogP contribution in [0.1, 0.15) is 38.3 Å². The number of nitrogens with one attached hydrogen (secondary N) is 1. The van der Waals surface area contributed by atoms with Gasteiger partial charge in [-0.15, -0.1) is 0 Å². The van der Waals surface area contributed by atoms with Crippen LogP contribution in [0.4, 0.5) is 5.95 Å². The van der Waals surface area contributed by atoms with E-state index in [1.54, 1.807) is 31.9 Å². The summed E-state index contributed by atoms with van der Waals surface area (Å²) in [5.41, 5.74) is 2.09. The van der Waals surface area contributed by atoms with Crippen molar-refractivity contribution in [1.82, 2.24) is 14.8 Å². The monoisotopic (exact) mass is 372 g/mol. The van der Waals surface area contributed by atoms with Crippen LogP contribution in [-0.2, 0) is 9.53 Å². The summed E-state index contributed by atoms with van der Waals surface area (Å²) < 4.78 is 17.9. The second-order valence-electron chi connectivity index (χ2n) is 6.03. The number of rotatable bonds is 7. The summed E-state index contributed by atoms with van der Waals surface area (Å²) in [6.07, 6.45) is 3.02. The van der Waals surface area contributed by atoms with E-state index >= 15 is 0 Å². The minimum absolute atomic E-state index is 0.290. The van der Waals surface area contributed by atoms with Crippen molar-refractivity contribution in [3.63, 3.8) is 0 Å². The van der Waals surface area contributed by atoms with Crippen molar-refractivity contribution in [2.24, 2.45) is 0 Å². The molecule has 2 heterocycles. The average Bonchev–Trinajstić information content (AvgIpc) is 3.15. The van der Waals surface area contributed by atoms with Gasteiger partial charge in [-0.3, -0.25) is 0 Å². The molecule has 0 amide bonds. The quantitative estimate of drug-likeness (QED) is 0.748. The van der Waals surface area contributed by atoms with Gasteiger partial charge in [0.2, 0.25) is 5.95 Å². The lowest BCUT2D eigenvalue weighted by Crippen LogP contribution is -2.30. The first kappa shape index (κ1) is 18.8. The summed E-state index contributed by atoms with van der Waals surface area (Å²) in [6, 6.07) is 4.99. The zero-order valence-electron chi connectivity index (χ0n) is 16.0. The molecule has 0 fully saturated rings. The normalized spacial score (nSPS) is 15.8. The fourth-order valence-electron chi connectivity index (χ4n) is 3.24. The van der Waals surface area contributed by atoms with E-state index in [0.717, 1.165) is 17.7 Å². The molecule has 0 spiro atoms. The second kappa shape index (κ2) is 8.11. The third-order valence-corrected chi connectivity index (χ3v) is 4.41. The van der Waals surface area contributed by atoms with Gasteiger partial charge in [0.15, 0.2) is 0 Å². The molecule has 27 heavy (non-hydrogen) atoms. The number of carbonyl (C=O) groups excluding carboxylic acids is 1. The van der Waals surface area contributed by atoms with Crippen LogP contribution in [0.5, 0.6) is 11.5 Å². The Kier molecular flexibility index (Phi) is 5.63. The van der Waals surface area contributed by atoms with Crippen LogP contribution in [-0.4, -0.2) is 41.6 Å². The summed E-state index contributed by atoms with van der Waals surface area (Å²) in [5.74, 6) is 1.46. The largest absolute Gasteiger partial charge is 0.497 e. The van der Waals surface area contributed by atoms with E-state index in [9.17, 15) is 4.79 Å². The van der Waals surface area contributed by atoms with Crippen LogP contribution in [0.2, 0.25) is 0 Å². The molecule has 0 bridgehead atoms. The summed E-state index contributed by atoms with van der Waals surface area (Å²) in [6.45, 7) is 4.14. The highest BCUT2D eigenvalue weighted by molar-refractivity contribution is 5.92. The highest BCUT2D eigenvalue weighted by Crippen LogP contribution is 2.41. The molecule has 0 unspecified atom stereocenters. The molecule has 1 N–H and O–H groups in total. The predicted molar refractivity (Wildman–Crippen MR) is 99.9 cm³/mol. The maximum absolute atomic E-state index is 12.9. The number of ether oxygens (including phenoxy) is 3. The number of allylic oxidation sites excluding steroid dienone is 1. The molecule has 0 saturated carbocycles. The van der Waals surface area contributed by atoms with Crippen molar-refractivity contribution in [1.29, 1.82) is 0 Å². The van der Waals surface area contributed by atoms with Gasteiger partial charge in [-0.2, -0.15) is 10.1 Å². The Balaban J connectivity index is 2.21. The molecular weight excluding hydrogens is 348 g/mol. The molecule has 0 saturated heterocycles. The van der Waals surface area contributed by atoms with Crippen LogP contribution in [0.3, 0.4) is 0 Å². The van der Waals surface area contributed by atoms with Crippen molar-refractivity contribution < 1.29 is 19.0 Å². The first-order valence-corrected chi connectivity index (χ1v) is 8.93. The molecule has 1 aromatic carbocycles. The third-order valence-electron chi connectivity index (χ3n) is 4.41. The van der Waals surface area contributed by atoms with Crippen LogP contribution in [0, 0.1) is 0 Å². The molecule has 144 valence electrons. The predicted octanol–water partition coefficient (Wildman–Crippen LogP) is 2.93. The second-order valence-corrected chi connectivity index (χ2v) is 6.03. The minimum Gasteiger partial charge on any atom is -0.497 e. The fourth-order valence-corrected chi connectivity index (χ4v) is 3.24. The lowest BCUT2D eigenvalue weighted by Gasteiger charge is -2.30. The molecule has 1 atom stereocenters. The van der Waals surface area contributed by atoms with Crippen molar-refractivity contribution in [3.8, 4) is 11.5 Å². The van der Waals surface area contributed by atoms with Gasteiger partial charge in [0, 0.05) is 17.3 Å². The first-order chi connectivity index (χ1) is 13.1. The van der Waals surface area contributed by atoms with Gasteiger partial charge in [0.1, 0.15) is 23.9 Å². The zero-order valence-corrected chi connectivity index (χ0v) is 16.0. The number of esters is 1. The van der Waals surface area contributed by atoms with Gasteiger partial charge in [-0.25, -0.2) is 9.48 Å². The van der Waals surface area contributed by atoms with Gasteiger partial charge in [-0.05, 0) is 25.5 Å². The highest BCUT2D eigenvalue weighted by Gasteiger charge is 2.36. The van der Waals surface area contributed by atoms with E-state index in [1.807, 2.05) is 12.1 Å². The van der Waals surface area contributed by atoms with Gasteiger partial charge < -0.3 is 19.5 Å². The Morgan fingerprint density at radius 2 is 2.07 bits per heavy atom. The van der Waals surface area contributed by atoms with Gasteiger partial charge >= 0.3 is 5.97 Å².